The Morgan fingerprint density at radius 2 is 1.82 bits per heavy atom. The van der Waals surface area contributed by atoms with Crippen LogP contribution in [-0.2, 0) is 20.9 Å². The van der Waals surface area contributed by atoms with Gasteiger partial charge in [-0.2, -0.15) is 0 Å². The Morgan fingerprint density at radius 3 is 2.56 bits per heavy atom. The van der Waals surface area contributed by atoms with Gasteiger partial charge in [-0.1, -0.05) is 23.7 Å². The molecular weight excluding hydrogens is 450 g/mol. The molecule has 0 unspecified atom stereocenters. The molecule has 1 aromatic carbocycles. The second-order valence-corrected chi connectivity index (χ2v) is 11.4. The fourth-order valence-corrected chi connectivity index (χ4v) is 6.19. The summed E-state index contributed by atoms with van der Waals surface area (Å²) in [5, 5.41) is 0.725. The smallest absolute Gasteiger partial charge is 0.236 e. The number of hydrogen-bond acceptors (Lipinski definition) is 4. The molecule has 0 N–H and O–H groups in total. The highest BCUT2D eigenvalue weighted by molar-refractivity contribution is 6.30. The minimum absolute atomic E-state index is 0.0184. The summed E-state index contributed by atoms with van der Waals surface area (Å²) < 4.78 is 6.40. The van der Waals surface area contributed by atoms with Crippen molar-refractivity contribution in [2.24, 2.45) is 11.3 Å². The van der Waals surface area contributed by atoms with Crippen LogP contribution >= 0.6 is 11.6 Å². The number of nitrogens with zero attached hydrogens (tertiary/aromatic N) is 3. The van der Waals surface area contributed by atoms with E-state index in [0.717, 1.165) is 68.9 Å². The lowest BCUT2D eigenvalue weighted by Gasteiger charge is -2.49. The Kier molecular flexibility index (Phi) is 7.47. The monoisotopic (exact) mass is 487 g/mol. The first-order valence-corrected chi connectivity index (χ1v) is 13.5. The number of carbonyl (C=O) groups is 2. The minimum Gasteiger partial charge on any atom is -0.372 e. The summed E-state index contributed by atoms with van der Waals surface area (Å²) in [6.45, 7) is 5.83. The van der Waals surface area contributed by atoms with Crippen LogP contribution in [0.4, 0.5) is 0 Å². The Labute approximate surface area is 208 Å². The predicted molar refractivity (Wildman–Crippen MR) is 132 cm³/mol. The maximum atomic E-state index is 13.8. The number of carbonyl (C=O) groups excluding carboxylic acids is 2. The van der Waals surface area contributed by atoms with Gasteiger partial charge in [0, 0.05) is 37.7 Å². The molecule has 1 aliphatic carbocycles. The average molecular weight is 488 g/mol. The van der Waals surface area contributed by atoms with Crippen molar-refractivity contribution in [3.63, 3.8) is 0 Å². The van der Waals surface area contributed by atoms with E-state index in [1.54, 1.807) is 0 Å². The lowest BCUT2D eigenvalue weighted by molar-refractivity contribution is -0.162. The number of piperidine rings is 3. The molecule has 1 saturated carbocycles. The van der Waals surface area contributed by atoms with E-state index < -0.39 is 5.41 Å². The zero-order chi connectivity index (χ0) is 23.5. The van der Waals surface area contributed by atoms with Gasteiger partial charge in [0.1, 0.15) is 0 Å². The summed E-state index contributed by atoms with van der Waals surface area (Å²) >= 11 is 6.03. The predicted octanol–water partition coefficient (Wildman–Crippen LogP) is 3.96. The normalized spacial score (nSPS) is 28.5. The maximum Gasteiger partial charge on any atom is 0.236 e. The Bertz CT molecular complexity index is 868. The van der Waals surface area contributed by atoms with E-state index in [4.69, 9.17) is 16.3 Å². The quantitative estimate of drug-likeness (QED) is 0.584. The van der Waals surface area contributed by atoms with E-state index in [2.05, 4.69) is 9.80 Å². The number of rotatable bonds is 7. The Balaban J connectivity index is 1.26. The maximum absolute atomic E-state index is 13.8. The SMILES string of the molecule is O=C(CN1CCC[C@@]2(C[C@H](OCc3ccc(Cl)cc3)CN(CC3CC3)C2=O)C1)N1CCCCC1. The molecule has 3 aliphatic heterocycles. The summed E-state index contributed by atoms with van der Waals surface area (Å²) in [6, 6.07) is 7.79. The standard InChI is InChI=1S/C27H38ClN3O3/c28-23-9-7-22(8-10-23)19-34-24-15-27(26(33)31(17-24)16-21-5-6-21)11-4-12-29(20-27)18-25(32)30-13-2-1-3-14-30/h7-10,21,24H,1-6,11-20H2/t24-,27+/m0/s1. The molecule has 186 valence electrons. The van der Waals surface area contributed by atoms with Crippen LogP contribution in [0, 0.1) is 11.3 Å². The van der Waals surface area contributed by atoms with Gasteiger partial charge in [-0.3, -0.25) is 14.5 Å². The second-order valence-electron chi connectivity index (χ2n) is 11.0. The molecule has 4 fully saturated rings. The summed E-state index contributed by atoms with van der Waals surface area (Å²) in [6.07, 6.45) is 8.50. The molecule has 3 heterocycles. The van der Waals surface area contributed by atoms with Crippen molar-refractivity contribution < 1.29 is 14.3 Å². The topological polar surface area (TPSA) is 53.1 Å². The third-order valence-corrected chi connectivity index (χ3v) is 8.33. The zero-order valence-corrected chi connectivity index (χ0v) is 21.0. The number of likely N-dealkylation sites (tertiary alicyclic amines) is 3. The van der Waals surface area contributed by atoms with Crippen LogP contribution in [-0.4, -0.2) is 78.4 Å². The number of hydrogen-bond donors (Lipinski definition) is 0. The van der Waals surface area contributed by atoms with Crippen molar-refractivity contribution in [1.82, 2.24) is 14.7 Å². The lowest BCUT2D eigenvalue weighted by atomic mass is 9.72. The van der Waals surface area contributed by atoms with Crippen molar-refractivity contribution in [3.05, 3.63) is 34.9 Å². The largest absolute Gasteiger partial charge is 0.372 e. The third kappa shape index (κ3) is 5.77. The average Bonchev–Trinajstić information content (AvgIpc) is 3.67. The van der Waals surface area contributed by atoms with Crippen molar-refractivity contribution in [2.75, 3.05) is 45.8 Å². The number of halogens is 1. The van der Waals surface area contributed by atoms with Crippen LogP contribution in [0.25, 0.3) is 0 Å². The van der Waals surface area contributed by atoms with E-state index in [1.807, 2.05) is 29.2 Å². The molecule has 2 amide bonds. The van der Waals surface area contributed by atoms with E-state index >= 15 is 0 Å². The van der Waals surface area contributed by atoms with Gasteiger partial charge in [0.05, 0.1) is 24.7 Å². The van der Waals surface area contributed by atoms with Gasteiger partial charge in [-0.05, 0) is 81.5 Å². The van der Waals surface area contributed by atoms with Gasteiger partial charge in [0.15, 0.2) is 0 Å². The minimum atomic E-state index is -0.432. The third-order valence-electron chi connectivity index (χ3n) is 8.08. The highest BCUT2D eigenvalue weighted by Crippen LogP contribution is 2.42. The van der Waals surface area contributed by atoms with Crippen molar-refractivity contribution in [3.8, 4) is 0 Å². The van der Waals surface area contributed by atoms with Crippen molar-refractivity contribution >= 4 is 23.4 Å². The molecule has 1 aromatic rings. The zero-order valence-electron chi connectivity index (χ0n) is 20.2. The van der Waals surface area contributed by atoms with E-state index in [-0.39, 0.29) is 12.0 Å². The summed E-state index contributed by atoms with van der Waals surface area (Å²) in [7, 11) is 0. The molecule has 4 aliphatic rings. The molecule has 2 atom stereocenters. The Hall–Kier alpha value is -1.63. The van der Waals surface area contributed by atoms with Gasteiger partial charge >= 0.3 is 0 Å². The molecule has 7 heteroatoms. The van der Waals surface area contributed by atoms with Gasteiger partial charge in [0.25, 0.3) is 0 Å². The van der Waals surface area contributed by atoms with Gasteiger partial charge in [-0.15, -0.1) is 0 Å². The van der Waals surface area contributed by atoms with E-state index in [9.17, 15) is 9.59 Å². The summed E-state index contributed by atoms with van der Waals surface area (Å²) in [5.74, 6) is 1.17. The van der Waals surface area contributed by atoms with Crippen LogP contribution in [0.2, 0.25) is 5.02 Å². The molecule has 0 radical (unpaired) electrons. The molecule has 5 rings (SSSR count). The van der Waals surface area contributed by atoms with Gasteiger partial charge in [-0.25, -0.2) is 0 Å². The van der Waals surface area contributed by atoms with Crippen LogP contribution in [0.5, 0.6) is 0 Å². The molecule has 0 bridgehead atoms. The van der Waals surface area contributed by atoms with Crippen LogP contribution in [0.1, 0.15) is 56.9 Å². The van der Waals surface area contributed by atoms with Gasteiger partial charge in [0.2, 0.25) is 11.8 Å². The summed E-state index contributed by atoms with van der Waals surface area (Å²) in [5.41, 5.74) is 0.666. The van der Waals surface area contributed by atoms with Crippen molar-refractivity contribution in [1.29, 1.82) is 0 Å². The Morgan fingerprint density at radius 1 is 1.06 bits per heavy atom. The molecule has 1 spiro atoms. The molecule has 34 heavy (non-hydrogen) atoms. The lowest BCUT2D eigenvalue weighted by Crippen LogP contribution is -2.61. The second kappa shape index (κ2) is 10.5. The highest BCUT2D eigenvalue weighted by atomic mass is 35.5. The van der Waals surface area contributed by atoms with E-state index in [1.165, 1.54) is 19.3 Å². The molecular formula is C27H38ClN3O3. The fourth-order valence-electron chi connectivity index (χ4n) is 6.07. The van der Waals surface area contributed by atoms with Crippen LogP contribution < -0.4 is 0 Å². The first-order chi connectivity index (χ1) is 16.5. The van der Waals surface area contributed by atoms with E-state index in [0.29, 0.717) is 38.1 Å². The van der Waals surface area contributed by atoms with Crippen LogP contribution in [0.15, 0.2) is 24.3 Å². The van der Waals surface area contributed by atoms with Crippen LogP contribution in [0.3, 0.4) is 0 Å². The molecule has 0 aromatic heterocycles. The fraction of sp³-hybridized carbons (Fsp3) is 0.704. The molecule has 3 saturated heterocycles. The number of amides is 2. The first-order valence-electron chi connectivity index (χ1n) is 13.2. The van der Waals surface area contributed by atoms with Crippen molar-refractivity contribution in [2.45, 2.75) is 64.1 Å². The van der Waals surface area contributed by atoms with Gasteiger partial charge < -0.3 is 14.5 Å². The first kappa shape index (κ1) is 24.1. The summed E-state index contributed by atoms with van der Waals surface area (Å²) in [4.78, 5) is 33.1. The number of ether oxygens (including phenoxy) is 1. The molecule has 6 nitrogen and oxygen atoms in total. The highest BCUT2D eigenvalue weighted by Gasteiger charge is 2.50. The number of benzene rings is 1.